The molecule has 172 valence electrons. The maximum Gasteiger partial charge on any atom is 0.311 e. The van der Waals surface area contributed by atoms with Crippen molar-refractivity contribution in [3.8, 4) is 0 Å². The second-order valence-corrected chi connectivity index (χ2v) is 9.98. The molecule has 2 unspecified atom stereocenters. The number of carboxylic acids is 2. The minimum absolute atomic E-state index is 0.0413. The number of carbonyl (C=O) groups is 2. The van der Waals surface area contributed by atoms with Crippen LogP contribution >= 0.6 is 0 Å². The van der Waals surface area contributed by atoms with Crippen molar-refractivity contribution in [2.45, 2.75) is 39.5 Å². The zero-order chi connectivity index (χ0) is 24.3. The van der Waals surface area contributed by atoms with Crippen LogP contribution in [0.15, 0.2) is 60.7 Å². The van der Waals surface area contributed by atoms with E-state index in [9.17, 15) is 19.8 Å². The number of benzene rings is 5. The molecular weight excluding hydrogens is 424 g/mol. The van der Waals surface area contributed by atoms with Gasteiger partial charge in [0.1, 0.15) is 0 Å². The lowest BCUT2D eigenvalue weighted by molar-refractivity contribution is -0.140. The lowest BCUT2D eigenvalue weighted by Crippen LogP contribution is -2.18. The van der Waals surface area contributed by atoms with Crippen LogP contribution in [-0.4, -0.2) is 22.2 Å². The first-order chi connectivity index (χ1) is 16.2. The smallest absolute Gasteiger partial charge is 0.311 e. The van der Waals surface area contributed by atoms with Crippen molar-refractivity contribution in [3.63, 3.8) is 0 Å². The van der Waals surface area contributed by atoms with E-state index in [0.717, 1.165) is 54.2 Å². The van der Waals surface area contributed by atoms with Crippen molar-refractivity contribution in [1.29, 1.82) is 0 Å². The molecule has 0 saturated heterocycles. The van der Waals surface area contributed by atoms with Gasteiger partial charge in [-0.2, -0.15) is 0 Å². The molecule has 2 atom stereocenters. The molecule has 5 aromatic rings. The number of rotatable bonds is 6. The molecule has 0 aliphatic heterocycles. The van der Waals surface area contributed by atoms with Gasteiger partial charge >= 0.3 is 11.9 Å². The Morgan fingerprint density at radius 2 is 0.853 bits per heavy atom. The van der Waals surface area contributed by atoms with Crippen LogP contribution in [0.1, 0.15) is 50.7 Å². The van der Waals surface area contributed by atoms with Crippen LogP contribution in [-0.2, 0) is 9.59 Å². The van der Waals surface area contributed by atoms with Gasteiger partial charge in [-0.25, -0.2) is 0 Å². The molecule has 5 rings (SSSR count). The van der Waals surface area contributed by atoms with Crippen LogP contribution in [0.2, 0.25) is 0 Å². The maximum atomic E-state index is 12.2. The summed E-state index contributed by atoms with van der Waals surface area (Å²) in [6.07, 6.45) is 0. The van der Waals surface area contributed by atoms with Gasteiger partial charge < -0.3 is 10.2 Å². The van der Waals surface area contributed by atoms with Gasteiger partial charge in [0.05, 0.1) is 11.8 Å². The molecule has 0 amide bonds. The highest BCUT2D eigenvalue weighted by Gasteiger charge is 2.28. The zero-order valence-corrected chi connectivity index (χ0v) is 19.8. The molecule has 0 heterocycles. The molecule has 0 saturated carbocycles. The minimum Gasteiger partial charge on any atom is -0.481 e. The molecule has 0 spiro atoms. The third kappa shape index (κ3) is 3.12. The van der Waals surface area contributed by atoms with Crippen molar-refractivity contribution in [2.24, 2.45) is 11.8 Å². The van der Waals surface area contributed by atoms with Crippen molar-refractivity contribution >= 4 is 55.0 Å². The van der Waals surface area contributed by atoms with Crippen LogP contribution in [0.4, 0.5) is 0 Å². The second-order valence-electron chi connectivity index (χ2n) is 9.98. The Labute approximate surface area is 198 Å². The van der Waals surface area contributed by atoms with E-state index in [4.69, 9.17) is 0 Å². The molecule has 4 nitrogen and oxygen atoms in total. The van der Waals surface area contributed by atoms with E-state index >= 15 is 0 Å². The first-order valence-corrected chi connectivity index (χ1v) is 11.8. The number of aliphatic carboxylic acids is 2. The molecule has 0 aromatic heterocycles. The highest BCUT2D eigenvalue weighted by molar-refractivity contribution is 6.33. The third-order valence-electron chi connectivity index (χ3n) is 7.26. The number of carboxylic acid groups (broad SMARTS) is 2. The second kappa shape index (κ2) is 7.98. The van der Waals surface area contributed by atoms with Gasteiger partial charge in [0.15, 0.2) is 0 Å². The number of hydrogen-bond donors (Lipinski definition) is 2. The standard InChI is InChI=1S/C30H28O4/c1-15(2)25(29(31)32)21-11-13-23-20-10-6-8-18-22(26(16(3)4)30(33)34)12-14-24(28(18)20)19-9-5-7-17(21)27(19)23/h5-16,25-26H,1-4H3,(H,31,32)(H,33,34). The summed E-state index contributed by atoms with van der Waals surface area (Å²) < 4.78 is 0. The Morgan fingerprint density at radius 3 is 1.18 bits per heavy atom. The molecule has 0 aliphatic carbocycles. The van der Waals surface area contributed by atoms with E-state index in [0.29, 0.717) is 0 Å². The molecule has 5 aromatic carbocycles. The maximum absolute atomic E-state index is 12.2. The van der Waals surface area contributed by atoms with Crippen molar-refractivity contribution < 1.29 is 19.8 Å². The summed E-state index contributed by atoms with van der Waals surface area (Å²) in [7, 11) is 0. The Kier molecular flexibility index (Phi) is 5.20. The summed E-state index contributed by atoms with van der Waals surface area (Å²) >= 11 is 0. The van der Waals surface area contributed by atoms with Gasteiger partial charge in [-0.1, -0.05) is 88.4 Å². The van der Waals surface area contributed by atoms with Crippen molar-refractivity contribution in [3.05, 3.63) is 71.8 Å². The average molecular weight is 453 g/mol. The summed E-state index contributed by atoms with van der Waals surface area (Å²) in [5, 5.41) is 28.3. The fourth-order valence-electron chi connectivity index (χ4n) is 5.85. The number of fused-ring (bicyclic) bond motifs is 2. The van der Waals surface area contributed by atoms with Crippen molar-refractivity contribution in [1.82, 2.24) is 0 Å². The highest BCUT2D eigenvalue weighted by atomic mass is 16.4. The summed E-state index contributed by atoms with van der Waals surface area (Å²) in [4.78, 5) is 24.3. The molecule has 0 fully saturated rings. The fourth-order valence-corrected chi connectivity index (χ4v) is 5.85. The van der Waals surface area contributed by atoms with E-state index in [2.05, 4.69) is 12.1 Å². The predicted octanol–water partition coefficient (Wildman–Crippen LogP) is 7.39. The molecule has 0 aliphatic rings. The third-order valence-corrected chi connectivity index (χ3v) is 7.26. The lowest BCUT2D eigenvalue weighted by atomic mass is 9.80. The summed E-state index contributed by atoms with van der Waals surface area (Å²) in [5.74, 6) is -2.89. The highest BCUT2D eigenvalue weighted by Crippen LogP contribution is 2.45. The normalized spacial score (nSPS) is 14.1. The van der Waals surface area contributed by atoms with Crippen LogP contribution in [0.25, 0.3) is 43.1 Å². The molecule has 2 N–H and O–H groups in total. The number of hydrogen-bond acceptors (Lipinski definition) is 2. The minimum atomic E-state index is -0.813. The van der Waals surface area contributed by atoms with Gasteiger partial charge in [-0.3, -0.25) is 9.59 Å². The van der Waals surface area contributed by atoms with Crippen LogP contribution < -0.4 is 0 Å². The van der Waals surface area contributed by atoms with Crippen LogP contribution in [0, 0.1) is 11.8 Å². The van der Waals surface area contributed by atoms with Gasteiger partial charge in [0.25, 0.3) is 0 Å². The Hall–Kier alpha value is -3.66. The van der Waals surface area contributed by atoms with E-state index in [1.807, 2.05) is 76.2 Å². The largest absolute Gasteiger partial charge is 0.481 e. The van der Waals surface area contributed by atoms with E-state index < -0.39 is 23.8 Å². The summed E-state index contributed by atoms with van der Waals surface area (Å²) in [5.41, 5.74) is 1.67. The van der Waals surface area contributed by atoms with Crippen LogP contribution in [0.5, 0.6) is 0 Å². The average Bonchev–Trinajstić information content (AvgIpc) is 2.78. The van der Waals surface area contributed by atoms with E-state index in [-0.39, 0.29) is 11.8 Å². The van der Waals surface area contributed by atoms with Gasteiger partial charge in [0, 0.05) is 0 Å². The molecule has 34 heavy (non-hydrogen) atoms. The van der Waals surface area contributed by atoms with Gasteiger partial charge in [0.2, 0.25) is 0 Å². The fraction of sp³-hybridized carbons (Fsp3) is 0.267. The molecule has 4 heteroatoms. The van der Waals surface area contributed by atoms with Crippen LogP contribution in [0.3, 0.4) is 0 Å². The quantitative estimate of drug-likeness (QED) is 0.208. The topological polar surface area (TPSA) is 74.6 Å². The first kappa shape index (κ1) is 22.1. The Bertz CT molecular complexity index is 1440. The monoisotopic (exact) mass is 452 g/mol. The molecule has 0 radical (unpaired) electrons. The lowest BCUT2D eigenvalue weighted by Gasteiger charge is -2.23. The predicted molar refractivity (Wildman–Crippen MR) is 138 cm³/mol. The zero-order valence-electron chi connectivity index (χ0n) is 19.8. The Morgan fingerprint density at radius 1 is 0.529 bits per heavy atom. The van der Waals surface area contributed by atoms with Gasteiger partial charge in [-0.05, 0) is 66.1 Å². The summed E-state index contributed by atoms with van der Waals surface area (Å²) in [6, 6.07) is 20.2. The first-order valence-electron chi connectivity index (χ1n) is 11.8. The van der Waals surface area contributed by atoms with Gasteiger partial charge in [-0.15, -0.1) is 0 Å². The molecule has 0 bridgehead atoms. The van der Waals surface area contributed by atoms with E-state index in [1.54, 1.807) is 0 Å². The SMILES string of the molecule is CC(C)C(C(=O)O)c1ccc2c3cccc4c(C(C(=O)O)C(C)C)ccc(c5cccc1c52)c43. The van der Waals surface area contributed by atoms with Crippen molar-refractivity contribution in [2.75, 3.05) is 0 Å². The summed E-state index contributed by atoms with van der Waals surface area (Å²) in [6.45, 7) is 7.78. The molecular formula is C30H28O4. The van der Waals surface area contributed by atoms with E-state index in [1.165, 1.54) is 0 Å². The Balaban J connectivity index is 1.94.